The predicted molar refractivity (Wildman–Crippen MR) is 244 cm³/mol. The van der Waals surface area contributed by atoms with Crippen LogP contribution in [0.4, 0.5) is 0 Å². The van der Waals surface area contributed by atoms with Crippen molar-refractivity contribution in [1.82, 2.24) is 14.1 Å². The van der Waals surface area contributed by atoms with Crippen LogP contribution in [0, 0.1) is 0 Å². The normalized spacial score (nSPS) is 11.4. The van der Waals surface area contributed by atoms with Crippen molar-refractivity contribution in [1.29, 1.82) is 0 Å². The van der Waals surface area contributed by atoms with Crippen LogP contribution in [0.2, 0.25) is 0 Å². The number of imidazole rings is 1. The number of para-hydroxylation sites is 4. The molecular formula is C55H37N3. The van der Waals surface area contributed by atoms with Crippen LogP contribution in [0.1, 0.15) is 0 Å². The van der Waals surface area contributed by atoms with Crippen molar-refractivity contribution in [3.8, 4) is 45.0 Å². The van der Waals surface area contributed by atoms with E-state index >= 15 is 0 Å². The quantitative estimate of drug-likeness (QED) is 0.172. The van der Waals surface area contributed by atoms with Gasteiger partial charge in [-0.05, 0) is 98.4 Å². The molecule has 3 nitrogen and oxygen atoms in total. The lowest BCUT2D eigenvalue weighted by Crippen LogP contribution is -1.98. The Morgan fingerprint density at radius 2 is 0.690 bits per heavy atom. The fourth-order valence-corrected chi connectivity index (χ4v) is 8.64. The molecule has 0 aliphatic rings. The van der Waals surface area contributed by atoms with Gasteiger partial charge in [-0.3, -0.25) is 4.57 Å². The van der Waals surface area contributed by atoms with Gasteiger partial charge in [-0.15, -0.1) is 0 Å². The molecule has 9 aromatic carbocycles. The molecule has 0 aliphatic heterocycles. The maximum absolute atomic E-state index is 5.13. The van der Waals surface area contributed by atoms with Gasteiger partial charge >= 0.3 is 0 Å². The Hall–Kier alpha value is -7.75. The standard InChI is InChI=1S/C55H37N3/c1-3-15-38(16-4-1)39-31-34-44(35-32-39)57-52-25-13-11-23-49(52)47-21-9-7-19-45(47)46-20-8-10-22-48(46)50-37-42(33-36-53(50)57)40-27-29-41(30-28-40)55-56-51-24-12-14-26-54(51)58(55)43-17-5-2-6-18-43/h1-37H. The van der Waals surface area contributed by atoms with Crippen molar-refractivity contribution >= 4 is 54.4 Å². The molecule has 58 heavy (non-hydrogen) atoms. The highest BCUT2D eigenvalue weighted by Crippen LogP contribution is 2.37. The van der Waals surface area contributed by atoms with E-state index in [1.54, 1.807) is 0 Å². The Morgan fingerprint density at radius 1 is 0.259 bits per heavy atom. The van der Waals surface area contributed by atoms with E-state index in [-0.39, 0.29) is 0 Å². The monoisotopic (exact) mass is 739 g/mol. The van der Waals surface area contributed by atoms with Crippen LogP contribution in [0.25, 0.3) is 99.4 Å². The van der Waals surface area contributed by atoms with E-state index < -0.39 is 0 Å². The fourth-order valence-electron chi connectivity index (χ4n) is 8.64. The number of hydrogen-bond acceptors (Lipinski definition) is 1. The van der Waals surface area contributed by atoms with Gasteiger partial charge < -0.3 is 4.57 Å². The summed E-state index contributed by atoms with van der Waals surface area (Å²) in [6.07, 6.45) is 0. The average molecular weight is 740 g/mol. The zero-order valence-electron chi connectivity index (χ0n) is 31.7. The molecule has 0 unspecified atom stereocenters. The van der Waals surface area contributed by atoms with Gasteiger partial charge in [0, 0.05) is 27.7 Å². The number of fused-ring (bicyclic) bond motifs is 8. The zero-order valence-corrected chi connectivity index (χ0v) is 31.7. The Bertz CT molecular complexity index is 3360. The van der Waals surface area contributed by atoms with Crippen LogP contribution in [0.3, 0.4) is 0 Å². The molecule has 11 rings (SSSR count). The molecule has 272 valence electrons. The molecule has 0 fully saturated rings. The molecule has 11 aromatic rings. The summed E-state index contributed by atoms with van der Waals surface area (Å²) in [5.74, 6) is 0.925. The number of nitrogens with zero attached hydrogens (tertiary/aromatic N) is 3. The highest BCUT2D eigenvalue weighted by molar-refractivity contribution is 6.19. The summed E-state index contributed by atoms with van der Waals surface area (Å²) < 4.78 is 4.70. The first kappa shape index (κ1) is 33.6. The summed E-state index contributed by atoms with van der Waals surface area (Å²) >= 11 is 0. The smallest absolute Gasteiger partial charge is 0.145 e. The third-order valence-electron chi connectivity index (χ3n) is 11.4. The Labute approximate surface area is 336 Å². The first-order valence-electron chi connectivity index (χ1n) is 19.8. The molecule has 0 N–H and O–H groups in total. The van der Waals surface area contributed by atoms with Crippen molar-refractivity contribution in [3.05, 3.63) is 224 Å². The summed E-state index contributed by atoms with van der Waals surface area (Å²) in [7, 11) is 0. The summed E-state index contributed by atoms with van der Waals surface area (Å²) in [5.41, 5.74) is 12.3. The van der Waals surface area contributed by atoms with Gasteiger partial charge in [0.15, 0.2) is 0 Å². The van der Waals surface area contributed by atoms with Crippen LogP contribution in [0.15, 0.2) is 224 Å². The lowest BCUT2D eigenvalue weighted by molar-refractivity contribution is 1.10. The molecule has 0 bridgehead atoms. The van der Waals surface area contributed by atoms with E-state index in [0.717, 1.165) is 56.0 Å². The summed E-state index contributed by atoms with van der Waals surface area (Å²) in [5, 5.41) is 7.19. The first-order valence-corrected chi connectivity index (χ1v) is 19.8. The second kappa shape index (κ2) is 14.1. The highest BCUT2D eigenvalue weighted by Gasteiger charge is 2.16. The van der Waals surface area contributed by atoms with Gasteiger partial charge in [-0.25, -0.2) is 4.98 Å². The molecule has 3 heteroatoms. The van der Waals surface area contributed by atoms with Crippen LogP contribution >= 0.6 is 0 Å². The molecular weight excluding hydrogens is 703 g/mol. The van der Waals surface area contributed by atoms with Crippen LogP contribution < -0.4 is 0 Å². The van der Waals surface area contributed by atoms with Crippen LogP contribution in [0.5, 0.6) is 0 Å². The predicted octanol–water partition coefficient (Wildman–Crippen LogP) is 14.6. The maximum atomic E-state index is 5.13. The van der Waals surface area contributed by atoms with Gasteiger partial charge in [0.25, 0.3) is 0 Å². The number of hydrogen-bond donors (Lipinski definition) is 0. The third-order valence-corrected chi connectivity index (χ3v) is 11.4. The zero-order chi connectivity index (χ0) is 38.4. The highest BCUT2D eigenvalue weighted by atomic mass is 15.1. The van der Waals surface area contributed by atoms with Gasteiger partial charge in [-0.1, -0.05) is 170 Å². The lowest BCUT2D eigenvalue weighted by Gasteiger charge is -2.15. The first-order chi connectivity index (χ1) is 28.8. The minimum absolute atomic E-state index is 0.925. The Kier molecular flexibility index (Phi) is 8.15. The van der Waals surface area contributed by atoms with E-state index in [9.17, 15) is 0 Å². The largest absolute Gasteiger partial charge is 0.309 e. The molecule has 0 spiro atoms. The molecule has 0 saturated carbocycles. The van der Waals surface area contributed by atoms with Crippen molar-refractivity contribution in [3.63, 3.8) is 0 Å². The van der Waals surface area contributed by atoms with Gasteiger partial charge in [0.05, 0.1) is 22.1 Å². The van der Waals surface area contributed by atoms with Crippen molar-refractivity contribution in [2.45, 2.75) is 0 Å². The Morgan fingerprint density at radius 3 is 1.38 bits per heavy atom. The van der Waals surface area contributed by atoms with E-state index in [1.807, 2.05) is 0 Å². The van der Waals surface area contributed by atoms with E-state index in [2.05, 4.69) is 234 Å². The lowest BCUT2D eigenvalue weighted by atomic mass is 9.98. The van der Waals surface area contributed by atoms with Crippen molar-refractivity contribution < 1.29 is 0 Å². The molecule has 2 heterocycles. The summed E-state index contributed by atoms with van der Waals surface area (Å²) in [6, 6.07) is 80.8. The van der Waals surface area contributed by atoms with Crippen molar-refractivity contribution in [2.75, 3.05) is 0 Å². The van der Waals surface area contributed by atoms with Crippen LogP contribution in [-0.4, -0.2) is 14.1 Å². The Balaban J connectivity index is 1.16. The molecule has 0 aliphatic carbocycles. The number of aromatic nitrogens is 3. The van der Waals surface area contributed by atoms with Gasteiger partial charge in [0.2, 0.25) is 0 Å². The van der Waals surface area contributed by atoms with Gasteiger partial charge in [-0.2, -0.15) is 0 Å². The summed E-state index contributed by atoms with van der Waals surface area (Å²) in [4.78, 5) is 5.13. The molecule has 0 radical (unpaired) electrons. The minimum atomic E-state index is 0.925. The van der Waals surface area contributed by atoms with Crippen molar-refractivity contribution in [2.24, 2.45) is 0 Å². The van der Waals surface area contributed by atoms with E-state index in [4.69, 9.17) is 4.98 Å². The summed E-state index contributed by atoms with van der Waals surface area (Å²) in [6.45, 7) is 0. The number of benzene rings is 9. The second-order valence-electron chi connectivity index (χ2n) is 14.8. The maximum Gasteiger partial charge on any atom is 0.145 e. The SMILES string of the molecule is c1ccc(-c2ccc(-n3c4ccccc4c4ccccc4c4ccccc4c4cc(-c5ccc(-c6nc7ccccc7n6-c6ccccc6)cc5)ccc43)cc2)cc1. The molecule has 2 aromatic heterocycles. The topological polar surface area (TPSA) is 22.8 Å². The fraction of sp³-hybridized carbons (Fsp3) is 0. The molecule has 0 amide bonds. The van der Waals surface area contributed by atoms with E-state index in [0.29, 0.717) is 0 Å². The number of rotatable bonds is 5. The van der Waals surface area contributed by atoms with E-state index in [1.165, 1.54) is 43.4 Å². The average Bonchev–Trinajstić information content (AvgIpc) is 3.71. The molecule has 0 atom stereocenters. The molecule has 0 saturated heterocycles. The van der Waals surface area contributed by atoms with Gasteiger partial charge in [0.1, 0.15) is 5.82 Å². The minimum Gasteiger partial charge on any atom is -0.309 e. The third kappa shape index (κ3) is 5.72. The van der Waals surface area contributed by atoms with Crippen LogP contribution in [-0.2, 0) is 0 Å². The second-order valence-corrected chi connectivity index (χ2v) is 14.8.